The molecule has 0 radical (unpaired) electrons. The standard InChI is InChI=1S/C29H45N4O3/c1-21-19-23(33(18-6-7-22(33)2)24-10-14-30-20-24)8-9-25(21)32-17-13-29(26(32)34)11-15-31(16-12-29)27(35)36-28(3,4)5/h8-9,19,22,24,30H,6-7,10-18,20H2,1-5H3/q+1/t22-,24-,33?/m1/s1. The average molecular weight is 498 g/mol. The van der Waals surface area contributed by atoms with Crippen molar-refractivity contribution in [1.82, 2.24) is 14.7 Å². The number of quaternary nitrogens is 1. The maximum Gasteiger partial charge on any atom is 0.410 e. The number of ether oxygens (including phenoxy) is 1. The Bertz CT molecular complexity index is 1000. The lowest BCUT2D eigenvalue weighted by molar-refractivity contribution is -0.128. The molecule has 3 atom stereocenters. The number of rotatable bonds is 3. The number of benzene rings is 1. The molecule has 198 valence electrons. The molecule has 0 saturated carbocycles. The molecule has 7 heteroatoms. The van der Waals surface area contributed by atoms with E-state index in [9.17, 15) is 9.59 Å². The van der Waals surface area contributed by atoms with E-state index in [1.807, 2.05) is 25.7 Å². The number of hydrogen-bond acceptors (Lipinski definition) is 4. The highest BCUT2D eigenvalue weighted by atomic mass is 16.6. The monoisotopic (exact) mass is 497 g/mol. The van der Waals surface area contributed by atoms with Crippen molar-refractivity contribution in [3.8, 4) is 0 Å². The molecule has 0 bridgehead atoms. The number of aryl methyl sites for hydroxylation is 1. The second-order valence-electron chi connectivity index (χ2n) is 12.7. The highest BCUT2D eigenvalue weighted by molar-refractivity contribution is 6.00. The van der Waals surface area contributed by atoms with Gasteiger partial charge in [0.15, 0.2) is 0 Å². The Hall–Kier alpha value is -2.12. The third-order valence-electron chi connectivity index (χ3n) is 9.46. The van der Waals surface area contributed by atoms with Gasteiger partial charge in [0.2, 0.25) is 5.91 Å². The van der Waals surface area contributed by atoms with Gasteiger partial charge in [-0.15, -0.1) is 0 Å². The summed E-state index contributed by atoms with van der Waals surface area (Å²) in [5.74, 6) is 0.237. The normalized spacial score (nSPS) is 30.4. The lowest BCUT2D eigenvalue weighted by atomic mass is 9.77. The van der Waals surface area contributed by atoms with Crippen LogP contribution in [0.4, 0.5) is 16.2 Å². The van der Waals surface area contributed by atoms with Crippen LogP contribution >= 0.6 is 0 Å². The van der Waals surface area contributed by atoms with Crippen LogP contribution in [0.3, 0.4) is 0 Å². The number of nitrogens with one attached hydrogen (secondary N) is 1. The molecule has 0 aromatic heterocycles. The minimum absolute atomic E-state index is 0.237. The van der Waals surface area contributed by atoms with Crippen molar-refractivity contribution in [2.75, 3.05) is 44.2 Å². The summed E-state index contributed by atoms with van der Waals surface area (Å²) in [7, 11) is 0. The molecule has 5 rings (SSSR count). The first-order chi connectivity index (χ1) is 17.1. The first kappa shape index (κ1) is 25.5. The van der Waals surface area contributed by atoms with Crippen LogP contribution in [0.5, 0.6) is 0 Å². The minimum atomic E-state index is -0.502. The molecule has 7 nitrogen and oxygen atoms in total. The molecule has 1 unspecified atom stereocenters. The van der Waals surface area contributed by atoms with E-state index in [0.717, 1.165) is 36.2 Å². The minimum Gasteiger partial charge on any atom is -0.444 e. The SMILES string of the molecule is Cc1cc([N+]2([C@@H]3CCNC3)CCC[C@H]2C)ccc1N1CCC2(CCN(C(=O)OC(C)(C)C)CC2)C1=O. The summed E-state index contributed by atoms with van der Waals surface area (Å²) in [5, 5.41) is 3.59. The molecule has 1 aromatic rings. The fourth-order valence-electron chi connectivity index (χ4n) is 7.43. The number of anilines is 1. The van der Waals surface area contributed by atoms with E-state index in [1.54, 1.807) is 4.90 Å². The van der Waals surface area contributed by atoms with E-state index in [4.69, 9.17) is 4.74 Å². The zero-order chi connectivity index (χ0) is 25.7. The van der Waals surface area contributed by atoms with Crippen molar-refractivity contribution in [2.24, 2.45) is 5.41 Å². The Morgan fingerprint density at radius 1 is 1.14 bits per heavy atom. The van der Waals surface area contributed by atoms with Gasteiger partial charge in [-0.1, -0.05) is 0 Å². The van der Waals surface area contributed by atoms with E-state index >= 15 is 0 Å². The number of carbonyl (C=O) groups excluding carboxylic acids is 2. The van der Waals surface area contributed by atoms with Crippen molar-refractivity contribution in [1.29, 1.82) is 0 Å². The van der Waals surface area contributed by atoms with Crippen LogP contribution in [0.1, 0.15) is 71.8 Å². The Labute approximate surface area is 216 Å². The number of amides is 2. The first-order valence-corrected chi connectivity index (χ1v) is 14.1. The molecule has 0 aliphatic carbocycles. The topological polar surface area (TPSA) is 61.9 Å². The summed E-state index contributed by atoms with van der Waals surface area (Å²) >= 11 is 0. The highest BCUT2D eigenvalue weighted by Gasteiger charge is 2.51. The fraction of sp³-hybridized carbons (Fsp3) is 0.724. The van der Waals surface area contributed by atoms with Crippen molar-refractivity contribution in [3.63, 3.8) is 0 Å². The molecule has 4 aliphatic heterocycles. The van der Waals surface area contributed by atoms with Gasteiger partial charge in [-0.25, -0.2) is 4.79 Å². The predicted octanol–water partition coefficient (Wildman–Crippen LogP) is 4.60. The summed E-state index contributed by atoms with van der Waals surface area (Å²) in [4.78, 5) is 30.1. The Morgan fingerprint density at radius 3 is 2.44 bits per heavy atom. The summed E-state index contributed by atoms with van der Waals surface area (Å²) in [6.45, 7) is 15.6. The van der Waals surface area contributed by atoms with Gasteiger partial charge in [0.05, 0.1) is 18.0 Å². The van der Waals surface area contributed by atoms with Gasteiger partial charge in [-0.05, 0) is 65.5 Å². The molecule has 1 aromatic carbocycles. The second-order valence-corrected chi connectivity index (χ2v) is 12.7. The highest BCUT2D eigenvalue weighted by Crippen LogP contribution is 2.45. The Balaban J connectivity index is 1.31. The van der Waals surface area contributed by atoms with Crippen LogP contribution in [0.2, 0.25) is 0 Å². The van der Waals surface area contributed by atoms with Gasteiger partial charge in [0.1, 0.15) is 17.3 Å². The number of hydrogen-bond donors (Lipinski definition) is 1. The van der Waals surface area contributed by atoms with Gasteiger partial charge in [0.25, 0.3) is 0 Å². The van der Waals surface area contributed by atoms with Gasteiger partial charge in [0, 0.05) is 69.8 Å². The Kier molecular flexibility index (Phi) is 6.61. The number of carbonyl (C=O) groups is 2. The van der Waals surface area contributed by atoms with Crippen LogP contribution < -0.4 is 14.7 Å². The predicted molar refractivity (Wildman–Crippen MR) is 144 cm³/mol. The van der Waals surface area contributed by atoms with Crippen LogP contribution in [0.25, 0.3) is 0 Å². The van der Waals surface area contributed by atoms with Crippen LogP contribution in [0, 0.1) is 12.3 Å². The number of piperidine rings is 1. The maximum atomic E-state index is 13.8. The van der Waals surface area contributed by atoms with Gasteiger partial charge < -0.3 is 19.9 Å². The Morgan fingerprint density at radius 2 is 1.86 bits per heavy atom. The van der Waals surface area contributed by atoms with E-state index in [2.05, 4.69) is 37.4 Å². The third kappa shape index (κ3) is 4.32. The quantitative estimate of drug-likeness (QED) is 0.620. The zero-order valence-electron chi connectivity index (χ0n) is 22.9. The number of nitrogens with zero attached hydrogens (tertiary/aromatic N) is 3. The molecule has 4 heterocycles. The fourth-order valence-corrected chi connectivity index (χ4v) is 7.43. The molecule has 1 N–H and O–H groups in total. The summed E-state index contributed by atoms with van der Waals surface area (Å²) < 4.78 is 6.64. The summed E-state index contributed by atoms with van der Waals surface area (Å²) in [6, 6.07) is 8.17. The van der Waals surface area contributed by atoms with Crippen LogP contribution in [-0.2, 0) is 9.53 Å². The van der Waals surface area contributed by atoms with E-state index in [-0.39, 0.29) is 17.4 Å². The third-order valence-corrected chi connectivity index (χ3v) is 9.46. The van der Waals surface area contributed by atoms with Gasteiger partial charge >= 0.3 is 6.09 Å². The van der Waals surface area contributed by atoms with Crippen molar-refractivity contribution in [3.05, 3.63) is 23.8 Å². The number of likely N-dealkylation sites (tertiary alicyclic amines) is 2. The maximum absolute atomic E-state index is 13.8. The van der Waals surface area contributed by atoms with Crippen molar-refractivity contribution >= 4 is 23.4 Å². The first-order valence-electron chi connectivity index (χ1n) is 14.1. The molecule has 4 aliphatic rings. The van der Waals surface area contributed by atoms with E-state index < -0.39 is 5.60 Å². The molecule has 4 saturated heterocycles. The van der Waals surface area contributed by atoms with Gasteiger partial charge in [-0.3, -0.25) is 9.28 Å². The second kappa shape index (κ2) is 9.32. The molecular formula is C29H45N4O3+. The van der Waals surface area contributed by atoms with Crippen LogP contribution in [0.15, 0.2) is 18.2 Å². The lowest BCUT2D eigenvalue weighted by Gasteiger charge is -2.43. The smallest absolute Gasteiger partial charge is 0.410 e. The van der Waals surface area contributed by atoms with Crippen molar-refractivity contribution < 1.29 is 14.3 Å². The van der Waals surface area contributed by atoms with Crippen LogP contribution in [-0.4, -0.2) is 73.9 Å². The summed E-state index contributed by atoms with van der Waals surface area (Å²) in [5.41, 5.74) is 2.83. The molecule has 36 heavy (non-hydrogen) atoms. The van der Waals surface area contributed by atoms with Gasteiger partial charge in [-0.2, -0.15) is 0 Å². The average Bonchev–Trinajstić information content (AvgIpc) is 3.55. The molecular weight excluding hydrogens is 452 g/mol. The molecule has 4 fully saturated rings. The van der Waals surface area contributed by atoms with Crippen molar-refractivity contribution in [2.45, 2.75) is 90.8 Å². The van der Waals surface area contributed by atoms with E-state index in [0.29, 0.717) is 38.0 Å². The van der Waals surface area contributed by atoms with E-state index in [1.165, 1.54) is 37.1 Å². The molecule has 1 spiro atoms. The lowest BCUT2D eigenvalue weighted by Crippen LogP contribution is -2.59. The zero-order valence-corrected chi connectivity index (χ0v) is 22.9. The largest absolute Gasteiger partial charge is 0.444 e. The molecule has 2 amide bonds. The summed E-state index contributed by atoms with van der Waals surface area (Å²) in [6.07, 6.45) is 5.82.